The Bertz CT molecular complexity index is 517. The first-order valence-electron chi connectivity index (χ1n) is 5.48. The molecule has 2 nitrogen and oxygen atoms in total. The van der Waals surface area contributed by atoms with Crippen LogP contribution in [0, 0.1) is 0 Å². The fraction of sp³-hybridized carbons (Fsp3) is 0.308. The van der Waals surface area contributed by atoms with Crippen molar-refractivity contribution in [1.29, 1.82) is 0 Å². The van der Waals surface area contributed by atoms with E-state index in [0.717, 1.165) is 11.3 Å². The van der Waals surface area contributed by atoms with Crippen LogP contribution in [-0.2, 0) is 12.8 Å². The van der Waals surface area contributed by atoms with Crippen molar-refractivity contribution in [2.75, 3.05) is 12.4 Å². The van der Waals surface area contributed by atoms with E-state index >= 15 is 0 Å². The molecule has 0 amide bonds. The zero-order valence-electron chi connectivity index (χ0n) is 8.88. The van der Waals surface area contributed by atoms with Crippen molar-refractivity contribution in [2.45, 2.75) is 19.3 Å². The van der Waals surface area contributed by atoms with Crippen molar-refractivity contribution >= 4 is 16.7 Å². The van der Waals surface area contributed by atoms with Gasteiger partial charge in [-0.3, -0.25) is 0 Å². The minimum atomic E-state index is 1.07. The number of aryl methyl sites for hydroxylation is 1. The monoisotopic (exact) mass is 198 g/mol. The zero-order valence-corrected chi connectivity index (χ0v) is 8.88. The van der Waals surface area contributed by atoms with Gasteiger partial charge in [-0.25, -0.2) is 4.98 Å². The van der Waals surface area contributed by atoms with Gasteiger partial charge in [0.2, 0.25) is 0 Å². The molecule has 0 radical (unpaired) electrons. The first kappa shape index (κ1) is 8.72. The minimum Gasteiger partial charge on any atom is -0.373 e. The lowest BCUT2D eigenvalue weighted by Crippen LogP contribution is -1.99. The van der Waals surface area contributed by atoms with Gasteiger partial charge in [0, 0.05) is 12.4 Å². The zero-order chi connectivity index (χ0) is 10.3. The van der Waals surface area contributed by atoms with E-state index < -0.39 is 0 Å². The van der Waals surface area contributed by atoms with Crippen molar-refractivity contribution in [3.63, 3.8) is 0 Å². The summed E-state index contributed by atoms with van der Waals surface area (Å²) < 4.78 is 0. The second-order valence-electron chi connectivity index (χ2n) is 4.04. The van der Waals surface area contributed by atoms with Crippen LogP contribution in [0.2, 0.25) is 0 Å². The number of nitrogens with zero attached hydrogens (tertiary/aromatic N) is 1. The number of anilines is 1. The molecule has 2 aromatic rings. The van der Waals surface area contributed by atoms with E-state index in [1.54, 1.807) is 0 Å². The Balaban J connectivity index is 2.40. The van der Waals surface area contributed by atoms with E-state index in [4.69, 9.17) is 0 Å². The number of nitrogens with one attached hydrogen (secondary N) is 1. The maximum atomic E-state index is 4.65. The first-order chi connectivity index (χ1) is 7.40. The van der Waals surface area contributed by atoms with Crippen LogP contribution in [0.25, 0.3) is 10.9 Å². The molecule has 1 heterocycles. The average molecular weight is 198 g/mol. The van der Waals surface area contributed by atoms with Crippen LogP contribution in [0.4, 0.5) is 5.82 Å². The van der Waals surface area contributed by atoms with Crippen molar-refractivity contribution < 1.29 is 0 Å². The fourth-order valence-corrected chi connectivity index (χ4v) is 2.52. The highest BCUT2D eigenvalue weighted by Gasteiger charge is 2.18. The molecule has 1 aliphatic rings. The molecule has 1 aliphatic carbocycles. The van der Waals surface area contributed by atoms with Crippen molar-refractivity contribution in [1.82, 2.24) is 4.98 Å². The van der Waals surface area contributed by atoms with Gasteiger partial charge >= 0.3 is 0 Å². The third-order valence-electron chi connectivity index (χ3n) is 3.20. The van der Waals surface area contributed by atoms with E-state index in [2.05, 4.69) is 34.6 Å². The van der Waals surface area contributed by atoms with Crippen LogP contribution in [0.15, 0.2) is 24.3 Å². The van der Waals surface area contributed by atoms with Crippen LogP contribution in [0.5, 0.6) is 0 Å². The topological polar surface area (TPSA) is 24.9 Å². The summed E-state index contributed by atoms with van der Waals surface area (Å²) in [5.41, 5.74) is 4.05. The molecule has 0 saturated carbocycles. The van der Waals surface area contributed by atoms with Crippen molar-refractivity contribution in [3.8, 4) is 0 Å². The molecular weight excluding hydrogens is 184 g/mol. The predicted octanol–water partition coefficient (Wildman–Crippen LogP) is 2.77. The normalized spacial score (nSPS) is 14.2. The Hall–Kier alpha value is -1.57. The summed E-state index contributed by atoms with van der Waals surface area (Å²) >= 11 is 0. The average Bonchev–Trinajstić information content (AvgIpc) is 2.77. The van der Waals surface area contributed by atoms with Crippen LogP contribution in [0.3, 0.4) is 0 Å². The number of para-hydroxylation sites is 1. The molecule has 3 rings (SSSR count). The summed E-state index contributed by atoms with van der Waals surface area (Å²) in [4.78, 5) is 4.65. The number of pyridine rings is 1. The molecule has 76 valence electrons. The van der Waals surface area contributed by atoms with E-state index in [0.29, 0.717) is 0 Å². The Kier molecular flexibility index (Phi) is 1.88. The van der Waals surface area contributed by atoms with Crippen molar-refractivity contribution in [2.24, 2.45) is 0 Å². The molecule has 0 bridgehead atoms. The number of hydrogen-bond donors (Lipinski definition) is 1. The highest BCUT2D eigenvalue weighted by atomic mass is 15.0. The van der Waals surface area contributed by atoms with Crippen molar-refractivity contribution in [3.05, 3.63) is 35.4 Å². The van der Waals surface area contributed by atoms with E-state index in [1.807, 2.05) is 7.05 Å². The summed E-state index contributed by atoms with van der Waals surface area (Å²) in [5.74, 6) is 1.07. The van der Waals surface area contributed by atoms with Gasteiger partial charge in [0.1, 0.15) is 5.82 Å². The predicted molar refractivity (Wildman–Crippen MR) is 63.3 cm³/mol. The van der Waals surface area contributed by atoms with Crippen LogP contribution in [-0.4, -0.2) is 12.0 Å². The van der Waals surface area contributed by atoms with Gasteiger partial charge in [0.15, 0.2) is 0 Å². The molecule has 0 spiro atoms. The van der Waals surface area contributed by atoms with E-state index in [9.17, 15) is 0 Å². The molecule has 1 N–H and O–H groups in total. The highest BCUT2D eigenvalue weighted by Crippen LogP contribution is 2.33. The smallest absolute Gasteiger partial charge is 0.129 e. The summed E-state index contributed by atoms with van der Waals surface area (Å²) in [6.07, 6.45) is 3.64. The van der Waals surface area contributed by atoms with Crippen LogP contribution >= 0.6 is 0 Å². The van der Waals surface area contributed by atoms with E-state index in [-0.39, 0.29) is 0 Å². The number of rotatable bonds is 1. The second-order valence-corrected chi connectivity index (χ2v) is 4.04. The molecule has 15 heavy (non-hydrogen) atoms. The maximum absolute atomic E-state index is 4.65. The molecule has 0 aliphatic heterocycles. The standard InChI is InChI=1S/C13H14N2/c1-14-13-11-7-4-6-9(11)10-5-2-3-8-12(10)15-13/h2-3,5,8H,4,6-7H2,1H3,(H,14,15). The van der Waals surface area contributed by atoms with Gasteiger partial charge in [-0.15, -0.1) is 0 Å². The second kappa shape index (κ2) is 3.23. The van der Waals surface area contributed by atoms with Gasteiger partial charge in [-0.2, -0.15) is 0 Å². The number of aromatic nitrogens is 1. The fourth-order valence-electron chi connectivity index (χ4n) is 2.52. The van der Waals surface area contributed by atoms with Crippen LogP contribution < -0.4 is 5.32 Å². The Morgan fingerprint density at radius 1 is 1.13 bits per heavy atom. The number of benzene rings is 1. The summed E-state index contributed by atoms with van der Waals surface area (Å²) in [6.45, 7) is 0. The molecular formula is C13H14N2. The van der Waals surface area contributed by atoms with Gasteiger partial charge < -0.3 is 5.32 Å². The molecule has 0 unspecified atom stereocenters. The lowest BCUT2D eigenvalue weighted by molar-refractivity contribution is 0.913. The van der Waals surface area contributed by atoms with Gasteiger partial charge in [0.05, 0.1) is 5.52 Å². The Labute approximate surface area is 89.3 Å². The lowest BCUT2D eigenvalue weighted by Gasteiger charge is -2.10. The summed E-state index contributed by atoms with van der Waals surface area (Å²) in [5, 5.41) is 4.55. The molecule has 0 saturated heterocycles. The SMILES string of the molecule is CNc1nc2ccccc2c2c1CCC2. The molecule has 0 fully saturated rings. The molecule has 1 aromatic carbocycles. The van der Waals surface area contributed by atoms with E-state index in [1.165, 1.54) is 35.8 Å². The van der Waals surface area contributed by atoms with Crippen LogP contribution in [0.1, 0.15) is 17.5 Å². The third-order valence-corrected chi connectivity index (χ3v) is 3.20. The highest BCUT2D eigenvalue weighted by molar-refractivity contribution is 5.86. The largest absolute Gasteiger partial charge is 0.373 e. The minimum absolute atomic E-state index is 1.07. The number of fused-ring (bicyclic) bond motifs is 3. The number of hydrogen-bond acceptors (Lipinski definition) is 2. The lowest BCUT2D eigenvalue weighted by atomic mass is 10.1. The van der Waals surface area contributed by atoms with Gasteiger partial charge in [0.25, 0.3) is 0 Å². The Morgan fingerprint density at radius 3 is 2.80 bits per heavy atom. The Morgan fingerprint density at radius 2 is 1.93 bits per heavy atom. The molecule has 1 aromatic heterocycles. The van der Waals surface area contributed by atoms with Gasteiger partial charge in [-0.05, 0) is 36.5 Å². The quantitative estimate of drug-likeness (QED) is 0.762. The first-order valence-corrected chi connectivity index (χ1v) is 5.48. The maximum Gasteiger partial charge on any atom is 0.129 e. The molecule has 0 atom stereocenters. The third kappa shape index (κ3) is 1.21. The molecule has 2 heteroatoms. The summed E-state index contributed by atoms with van der Waals surface area (Å²) in [7, 11) is 1.95. The van der Waals surface area contributed by atoms with Gasteiger partial charge in [-0.1, -0.05) is 18.2 Å². The summed E-state index contributed by atoms with van der Waals surface area (Å²) in [6, 6.07) is 8.43.